The summed E-state index contributed by atoms with van der Waals surface area (Å²) in [4.78, 5) is 74.4. The maximum Gasteiger partial charge on any atom is 0.335 e. The van der Waals surface area contributed by atoms with Crippen molar-refractivity contribution < 1.29 is 52.6 Å². The van der Waals surface area contributed by atoms with Crippen molar-refractivity contribution in [2.75, 3.05) is 65.9 Å². The Morgan fingerprint density at radius 2 is 1.38 bits per heavy atom. The van der Waals surface area contributed by atoms with Gasteiger partial charge in [0.2, 0.25) is 11.8 Å². The predicted octanol–water partition coefficient (Wildman–Crippen LogP) is -1.11. The van der Waals surface area contributed by atoms with Crippen molar-refractivity contribution >= 4 is 35.5 Å². The minimum Gasteiger partial charge on any atom is -0.378 e. The van der Waals surface area contributed by atoms with E-state index >= 15 is 0 Å². The third kappa shape index (κ3) is 14.0. The molecule has 37 heavy (non-hydrogen) atoms. The first-order chi connectivity index (χ1) is 17.8. The van der Waals surface area contributed by atoms with Gasteiger partial charge in [-0.2, -0.15) is 0 Å². The number of nitrogens with one attached hydrogen (secondary N) is 1. The summed E-state index contributed by atoms with van der Waals surface area (Å²) in [6, 6.07) is 0. The van der Waals surface area contributed by atoms with Crippen LogP contribution in [0.25, 0.3) is 0 Å². The topological polar surface area (TPSA) is 167 Å². The van der Waals surface area contributed by atoms with Gasteiger partial charge in [0.15, 0.2) is 0 Å². The number of imide groups is 2. The molecule has 0 aromatic rings. The molecule has 0 saturated heterocycles. The number of rotatable bonds is 20. The zero-order valence-corrected chi connectivity index (χ0v) is 20.8. The van der Waals surface area contributed by atoms with Crippen LogP contribution in [0.4, 0.5) is 0 Å². The second-order valence-electron chi connectivity index (χ2n) is 7.28. The molecule has 1 N–H and O–H groups in total. The van der Waals surface area contributed by atoms with E-state index in [2.05, 4.69) is 16.7 Å². The normalized spacial score (nSPS) is 12.5. The number of amides is 5. The molecule has 0 aromatic heterocycles. The van der Waals surface area contributed by atoms with Crippen molar-refractivity contribution in [2.45, 2.75) is 19.8 Å². The van der Waals surface area contributed by atoms with Gasteiger partial charge in [0.25, 0.3) is 17.7 Å². The molecule has 5 amide bonds. The summed E-state index contributed by atoms with van der Waals surface area (Å²) in [7, 11) is 0. The van der Waals surface area contributed by atoms with Crippen LogP contribution in [0.1, 0.15) is 19.8 Å². The lowest BCUT2D eigenvalue weighted by Crippen LogP contribution is -2.37. The molecule has 0 saturated carbocycles. The summed E-state index contributed by atoms with van der Waals surface area (Å²) >= 11 is 0. The Morgan fingerprint density at radius 3 is 1.89 bits per heavy atom. The van der Waals surface area contributed by atoms with Crippen molar-refractivity contribution in [3.63, 3.8) is 0 Å². The molecule has 0 fully saturated rings. The van der Waals surface area contributed by atoms with E-state index in [1.807, 2.05) is 0 Å². The van der Waals surface area contributed by atoms with Crippen molar-refractivity contribution in [3.8, 4) is 0 Å². The monoisotopic (exact) mass is 527 g/mol. The van der Waals surface area contributed by atoms with Gasteiger partial charge in [0.05, 0.1) is 59.3 Å². The van der Waals surface area contributed by atoms with Crippen molar-refractivity contribution in [3.05, 3.63) is 24.8 Å². The molecule has 0 aliphatic carbocycles. The van der Waals surface area contributed by atoms with Gasteiger partial charge in [0, 0.05) is 38.6 Å². The Labute approximate surface area is 214 Å². The van der Waals surface area contributed by atoms with Crippen molar-refractivity contribution in [2.24, 2.45) is 0 Å². The van der Waals surface area contributed by atoms with Gasteiger partial charge in [-0.25, -0.2) is 4.79 Å². The average Bonchev–Trinajstić information content (AvgIpc) is 3.18. The molecule has 14 heteroatoms. The van der Waals surface area contributed by atoms with Crippen LogP contribution < -0.4 is 5.32 Å². The van der Waals surface area contributed by atoms with E-state index < -0.39 is 29.6 Å². The summed E-state index contributed by atoms with van der Waals surface area (Å²) in [5, 5.41) is 3.02. The number of hydrogen-bond donors (Lipinski definition) is 1. The Hall–Kier alpha value is -3.46. The van der Waals surface area contributed by atoms with Crippen LogP contribution in [0.2, 0.25) is 0 Å². The van der Waals surface area contributed by atoms with E-state index in [4.69, 9.17) is 18.9 Å². The van der Waals surface area contributed by atoms with Crippen LogP contribution in [0.5, 0.6) is 0 Å². The number of nitrogens with zero attached hydrogens (tertiary/aromatic N) is 2. The second kappa shape index (κ2) is 18.8. The highest BCUT2D eigenvalue weighted by Crippen LogP contribution is 2.05. The number of hydrogen-bond acceptors (Lipinski definition) is 11. The van der Waals surface area contributed by atoms with Crippen molar-refractivity contribution in [1.82, 2.24) is 15.3 Å². The Kier molecular flexibility index (Phi) is 16.0. The van der Waals surface area contributed by atoms with E-state index in [0.29, 0.717) is 31.5 Å². The Bertz CT molecular complexity index is 826. The molecule has 0 aromatic carbocycles. The van der Waals surface area contributed by atoms with Gasteiger partial charge in [-0.3, -0.25) is 28.9 Å². The van der Waals surface area contributed by atoms with Crippen LogP contribution in [0, 0.1) is 0 Å². The summed E-state index contributed by atoms with van der Waals surface area (Å²) in [6.07, 6.45) is 2.90. The fourth-order valence-electron chi connectivity index (χ4n) is 2.64. The molecule has 1 aliphatic heterocycles. The van der Waals surface area contributed by atoms with Gasteiger partial charge < -0.3 is 29.1 Å². The van der Waals surface area contributed by atoms with Gasteiger partial charge in [-0.15, -0.1) is 0 Å². The zero-order chi connectivity index (χ0) is 27.5. The van der Waals surface area contributed by atoms with E-state index in [9.17, 15) is 28.8 Å². The van der Waals surface area contributed by atoms with Crippen LogP contribution in [-0.4, -0.2) is 111 Å². The van der Waals surface area contributed by atoms with Gasteiger partial charge in [-0.1, -0.05) is 11.6 Å². The average molecular weight is 528 g/mol. The Balaban J connectivity index is 1.86. The minimum atomic E-state index is -0.762. The third-order valence-corrected chi connectivity index (χ3v) is 4.48. The first kappa shape index (κ1) is 31.6. The number of carbonyl (C=O) groups excluding carboxylic acids is 6. The lowest BCUT2D eigenvalue weighted by molar-refractivity contribution is -0.196. The van der Waals surface area contributed by atoms with E-state index in [-0.39, 0.29) is 58.3 Å². The molecule has 0 bridgehead atoms. The molecule has 1 aliphatic rings. The molecule has 1 rings (SSSR count). The predicted molar refractivity (Wildman–Crippen MR) is 125 cm³/mol. The molecule has 14 nitrogen and oxygen atoms in total. The molecule has 0 radical (unpaired) electrons. The fraction of sp³-hybridized carbons (Fsp3) is 0.565. The molecule has 0 unspecified atom stereocenters. The first-order valence-corrected chi connectivity index (χ1v) is 11.5. The molecule has 206 valence electrons. The SMILES string of the molecule is C=CC(=O)N(CCC(=O)NCCOCCOCCOCCOCCC(=O)ON1C(=O)C=CC1=O)C(C)=O. The van der Waals surface area contributed by atoms with Gasteiger partial charge in [0.1, 0.15) is 0 Å². The molecule has 0 atom stereocenters. The number of carbonyl (C=O) groups is 6. The number of hydroxylamine groups is 2. The molecule has 1 heterocycles. The smallest absolute Gasteiger partial charge is 0.335 e. The summed E-state index contributed by atoms with van der Waals surface area (Å²) < 4.78 is 21.2. The summed E-state index contributed by atoms with van der Waals surface area (Å²) in [6.45, 7) is 7.00. The van der Waals surface area contributed by atoms with E-state index in [1.165, 1.54) is 6.92 Å². The largest absolute Gasteiger partial charge is 0.378 e. The fourth-order valence-corrected chi connectivity index (χ4v) is 2.64. The van der Waals surface area contributed by atoms with Crippen molar-refractivity contribution in [1.29, 1.82) is 0 Å². The zero-order valence-electron chi connectivity index (χ0n) is 20.8. The first-order valence-electron chi connectivity index (χ1n) is 11.5. The molecular weight excluding hydrogens is 494 g/mol. The summed E-state index contributed by atoms with van der Waals surface area (Å²) in [5.74, 6) is -3.49. The third-order valence-electron chi connectivity index (χ3n) is 4.48. The van der Waals surface area contributed by atoms with Crippen LogP contribution in [0.3, 0.4) is 0 Å². The standard InChI is InChI=1S/C23H33N3O11/c1-3-20(29)25(18(2)27)9-6-19(28)24-8-11-34-13-15-36-17-16-35-14-12-33-10-7-23(32)37-26-21(30)4-5-22(26)31/h3-5H,1,6-17H2,2H3,(H,24,28). The van der Waals surface area contributed by atoms with Crippen LogP contribution >= 0.6 is 0 Å². The maximum atomic E-state index is 11.8. The lowest BCUT2D eigenvalue weighted by atomic mass is 10.3. The highest BCUT2D eigenvalue weighted by atomic mass is 16.7. The highest BCUT2D eigenvalue weighted by molar-refractivity contribution is 6.12. The van der Waals surface area contributed by atoms with E-state index in [1.54, 1.807) is 0 Å². The van der Waals surface area contributed by atoms with Gasteiger partial charge in [-0.05, 0) is 6.08 Å². The van der Waals surface area contributed by atoms with Crippen LogP contribution in [0.15, 0.2) is 24.8 Å². The number of ether oxygens (including phenoxy) is 4. The Morgan fingerprint density at radius 1 is 0.865 bits per heavy atom. The highest BCUT2D eigenvalue weighted by Gasteiger charge is 2.27. The summed E-state index contributed by atoms with van der Waals surface area (Å²) in [5.41, 5.74) is 0. The van der Waals surface area contributed by atoms with Crippen LogP contribution in [-0.2, 0) is 52.6 Å². The quantitative estimate of drug-likeness (QED) is 0.116. The molecular formula is C23H33N3O11. The van der Waals surface area contributed by atoms with E-state index in [0.717, 1.165) is 23.1 Å². The molecule has 0 spiro atoms. The maximum absolute atomic E-state index is 11.8. The minimum absolute atomic E-state index is 0.0131. The lowest BCUT2D eigenvalue weighted by Gasteiger charge is -2.16. The second-order valence-corrected chi connectivity index (χ2v) is 7.28. The van der Waals surface area contributed by atoms with Gasteiger partial charge >= 0.3 is 5.97 Å².